The first kappa shape index (κ1) is 13.1. The molecule has 2 aromatic heterocycles. The van der Waals surface area contributed by atoms with Crippen molar-refractivity contribution in [2.24, 2.45) is 0 Å². The first-order chi connectivity index (χ1) is 9.72. The lowest BCUT2D eigenvalue weighted by Crippen LogP contribution is -2.25. The van der Waals surface area contributed by atoms with Crippen LogP contribution in [0, 0.1) is 0 Å². The van der Waals surface area contributed by atoms with Gasteiger partial charge in [0, 0.05) is 19.0 Å². The van der Waals surface area contributed by atoms with Crippen molar-refractivity contribution in [2.45, 2.75) is 31.7 Å². The monoisotopic (exact) mass is 294 g/mol. The van der Waals surface area contributed by atoms with E-state index >= 15 is 0 Å². The second-order valence-electron chi connectivity index (χ2n) is 4.81. The number of hydrogen-bond donors (Lipinski definition) is 3. The summed E-state index contributed by atoms with van der Waals surface area (Å²) in [6, 6.07) is 0.417. The van der Waals surface area contributed by atoms with E-state index in [9.17, 15) is 4.79 Å². The number of hydrogen-bond acceptors (Lipinski definition) is 5. The largest absolute Gasteiger partial charge is 0.368 e. The molecule has 0 atom stereocenters. The van der Waals surface area contributed by atoms with Gasteiger partial charge in [-0.3, -0.25) is 4.79 Å². The Kier molecular flexibility index (Phi) is 3.68. The second-order valence-corrected chi connectivity index (χ2v) is 5.15. The molecule has 0 unspecified atom stereocenters. The van der Waals surface area contributed by atoms with Crippen LogP contribution in [0.1, 0.15) is 25.7 Å². The van der Waals surface area contributed by atoms with E-state index in [0.29, 0.717) is 30.5 Å². The van der Waals surface area contributed by atoms with Crippen LogP contribution in [0.5, 0.6) is 0 Å². The summed E-state index contributed by atoms with van der Waals surface area (Å²) >= 11 is 5.83. The van der Waals surface area contributed by atoms with Gasteiger partial charge in [-0.15, -0.1) is 0 Å². The average Bonchev–Trinajstić information content (AvgIpc) is 3.09. The topological polar surface area (TPSA) is 95.6 Å². The minimum atomic E-state index is 0.113. The fourth-order valence-electron chi connectivity index (χ4n) is 1.92. The predicted molar refractivity (Wildman–Crippen MR) is 75.6 cm³/mol. The van der Waals surface area contributed by atoms with E-state index in [0.717, 1.165) is 24.8 Å². The Bertz CT molecular complexity index is 623. The van der Waals surface area contributed by atoms with E-state index < -0.39 is 0 Å². The summed E-state index contributed by atoms with van der Waals surface area (Å²) in [7, 11) is 0. The van der Waals surface area contributed by atoms with Crippen molar-refractivity contribution in [3.05, 3.63) is 11.6 Å². The molecule has 7 nitrogen and oxygen atoms in total. The number of fused-ring (bicyclic) bond motifs is 1. The third kappa shape index (κ3) is 3.16. The zero-order chi connectivity index (χ0) is 13.9. The predicted octanol–water partition coefficient (Wildman–Crippen LogP) is 1.48. The van der Waals surface area contributed by atoms with Gasteiger partial charge in [-0.05, 0) is 30.9 Å². The lowest BCUT2D eigenvalue weighted by molar-refractivity contribution is -0.121. The molecular formula is C12H15ClN6O. The molecule has 8 heteroatoms. The molecule has 1 fully saturated rings. The van der Waals surface area contributed by atoms with E-state index in [4.69, 9.17) is 11.6 Å². The number of H-pyrrole nitrogens is 1. The number of imidazole rings is 1. The lowest BCUT2D eigenvalue weighted by atomic mass is 10.3. The van der Waals surface area contributed by atoms with E-state index in [1.165, 1.54) is 0 Å². The number of carbonyl (C=O) groups excluding carboxylic acids is 1. The molecule has 1 aliphatic carbocycles. The van der Waals surface area contributed by atoms with Gasteiger partial charge < -0.3 is 15.6 Å². The van der Waals surface area contributed by atoms with Gasteiger partial charge >= 0.3 is 0 Å². The Morgan fingerprint density at radius 2 is 2.30 bits per heavy atom. The Morgan fingerprint density at radius 1 is 1.45 bits per heavy atom. The summed E-state index contributed by atoms with van der Waals surface area (Å²) in [4.78, 5) is 26.7. The molecule has 0 radical (unpaired) electrons. The molecule has 2 aromatic rings. The number of aromatic nitrogens is 4. The van der Waals surface area contributed by atoms with Crippen LogP contribution in [-0.4, -0.2) is 38.4 Å². The highest BCUT2D eigenvalue weighted by atomic mass is 35.5. The molecule has 0 aliphatic heterocycles. The second kappa shape index (κ2) is 5.62. The first-order valence-corrected chi connectivity index (χ1v) is 7.00. The number of rotatable bonds is 6. The van der Waals surface area contributed by atoms with Crippen molar-refractivity contribution < 1.29 is 4.79 Å². The van der Waals surface area contributed by atoms with Gasteiger partial charge in [0.1, 0.15) is 5.52 Å². The van der Waals surface area contributed by atoms with Crippen molar-refractivity contribution in [3.63, 3.8) is 0 Å². The van der Waals surface area contributed by atoms with Gasteiger partial charge in [0.15, 0.2) is 11.5 Å². The summed E-state index contributed by atoms with van der Waals surface area (Å²) in [6.45, 7) is 0.638. The standard InChI is InChI=1S/C12H15ClN6O/c13-12-18-10(9-11(19-12)16-6-15-9)14-5-1-2-8(20)17-7-3-4-7/h6-7H,1-5H2,(H,17,20)(H2,14,15,16,18,19). The zero-order valence-electron chi connectivity index (χ0n) is 10.8. The first-order valence-electron chi connectivity index (χ1n) is 6.62. The molecule has 1 aliphatic rings. The molecule has 0 aromatic carbocycles. The molecule has 1 saturated carbocycles. The third-order valence-corrected chi connectivity index (χ3v) is 3.24. The zero-order valence-corrected chi connectivity index (χ0v) is 11.6. The van der Waals surface area contributed by atoms with Crippen LogP contribution in [0.3, 0.4) is 0 Å². The summed E-state index contributed by atoms with van der Waals surface area (Å²) in [5, 5.41) is 6.26. The molecule has 20 heavy (non-hydrogen) atoms. The smallest absolute Gasteiger partial charge is 0.226 e. The maximum absolute atomic E-state index is 11.5. The highest BCUT2D eigenvalue weighted by Crippen LogP contribution is 2.19. The summed E-state index contributed by atoms with van der Waals surface area (Å²) in [5.74, 6) is 0.724. The highest BCUT2D eigenvalue weighted by Gasteiger charge is 2.22. The number of halogens is 1. The van der Waals surface area contributed by atoms with Crippen LogP contribution in [0.2, 0.25) is 5.28 Å². The van der Waals surface area contributed by atoms with Crippen LogP contribution in [0.4, 0.5) is 5.82 Å². The molecule has 0 saturated heterocycles. The summed E-state index contributed by atoms with van der Waals surface area (Å²) in [6.07, 6.45) is 5.01. The van der Waals surface area contributed by atoms with E-state index in [2.05, 4.69) is 30.6 Å². The Labute approximate surface area is 120 Å². The lowest BCUT2D eigenvalue weighted by Gasteiger charge is -2.07. The number of nitrogens with one attached hydrogen (secondary N) is 3. The Morgan fingerprint density at radius 3 is 3.10 bits per heavy atom. The summed E-state index contributed by atoms with van der Waals surface area (Å²) in [5.41, 5.74) is 1.25. The number of nitrogens with zero attached hydrogens (tertiary/aromatic N) is 3. The van der Waals surface area contributed by atoms with Gasteiger partial charge in [-0.25, -0.2) is 4.98 Å². The maximum atomic E-state index is 11.5. The molecule has 2 heterocycles. The van der Waals surface area contributed by atoms with Gasteiger partial charge in [-0.2, -0.15) is 9.97 Å². The molecule has 0 bridgehead atoms. The van der Waals surface area contributed by atoms with Crippen LogP contribution < -0.4 is 10.6 Å². The van der Waals surface area contributed by atoms with E-state index in [1.54, 1.807) is 6.33 Å². The normalized spacial score (nSPS) is 14.4. The average molecular weight is 295 g/mol. The SMILES string of the molecule is O=C(CCCNc1nc(Cl)nc2nc[nH]c12)NC1CC1. The minimum absolute atomic E-state index is 0.113. The van der Waals surface area contributed by atoms with Crippen LogP contribution >= 0.6 is 11.6 Å². The van der Waals surface area contributed by atoms with Crippen molar-refractivity contribution in [2.75, 3.05) is 11.9 Å². The van der Waals surface area contributed by atoms with Crippen molar-refractivity contribution >= 4 is 34.5 Å². The Hall–Kier alpha value is -1.89. The molecule has 3 rings (SSSR count). The van der Waals surface area contributed by atoms with Crippen molar-refractivity contribution in [3.8, 4) is 0 Å². The number of anilines is 1. The van der Waals surface area contributed by atoms with Gasteiger partial charge in [0.25, 0.3) is 0 Å². The van der Waals surface area contributed by atoms with Crippen LogP contribution in [0.25, 0.3) is 11.2 Å². The van der Waals surface area contributed by atoms with Crippen molar-refractivity contribution in [1.29, 1.82) is 0 Å². The quantitative estimate of drug-likeness (QED) is 0.554. The van der Waals surface area contributed by atoms with E-state index in [1.807, 2.05) is 0 Å². The maximum Gasteiger partial charge on any atom is 0.226 e. The van der Waals surface area contributed by atoms with Crippen LogP contribution in [-0.2, 0) is 4.79 Å². The fourth-order valence-corrected chi connectivity index (χ4v) is 2.08. The van der Waals surface area contributed by atoms with Gasteiger partial charge in [0.05, 0.1) is 6.33 Å². The number of amides is 1. The summed E-state index contributed by atoms with van der Waals surface area (Å²) < 4.78 is 0. The molecule has 0 spiro atoms. The molecule has 3 N–H and O–H groups in total. The number of aromatic amines is 1. The van der Waals surface area contributed by atoms with Crippen molar-refractivity contribution in [1.82, 2.24) is 25.3 Å². The third-order valence-electron chi connectivity index (χ3n) is 3.07. The molecule has 1 amide bonds. The molecule has 106 valence electrons. The Balaban J connectivity index is 1.51. The number of carbonyl (C=O) groups is 1. The molecular weight excluding hydrogens is 280 g/mol. The van der Waals surface area contributed by atoms with Gasteiger partial charge in [-0.1, -0.05) is 0 Å². The highest BCUT2D eigenvalue weighted by molar-refractivity contribution is 6.28. The van der Waals surface area contributed by atoms with Gasteiger partial charge in [0.2, 0.25) is 11.2 Å². The van der Waals surface area contributed by atoms with Crippen LogP contribution in [0.15, 0.2) is 6.33 Å². The van der Waals surface area contributed by atoms with E-state index in [-0.39, 0.29) is 11.2 Å². The minimum Gasteiger partial charge on any atom is -0.368 e. The fraction of sp³-hybridized carbons (Fsp3) is 0.500.